The minimum atomic E-state index is -0.343. The summed E-state index contributed by atoms with van der Waals surface area (Å²) < 4.78 is 20.8. The number of ether oxygens (including phenoxy) is 1. The Morgan fingerprint density at radius 2 is 2.07 bits per heavy atom. The molecule has 7 nitrogen and oxygen atoms in total. The molecular weight excluding hydrogens is 385 g/mol. The number of nitrogens with one attached hydrogen (secondary N) is 2. The first-order valence-corrected chi connectivity index (χ1v) is 9.40. The molecule has 8 heteroatoms. The average Bonchev–Trinajstić information content (AvgIpc) is 3.13. The lowest BCUT2D eigenvalue weighted by Crippen LogP contribution is -2.17. The zero-order valence-corrected chi connectivity index (χ0v) is 16.3. The number of rotatable bonds is 7. The van der Waals surface area contributed by atoms with Crippen LogP contribution in [-0.2, 0) is 4.79 Å². The highest BCUT2D eigenvalue weighted by atomic mass is 19.1. The summed E-state index contributed by atoms with van der Waals surface area (Å²) in [5.41, 5.74) is 2.47. The highest BCUT2D eigenvalue weighted by Gasteiger charge is 2.15. The minimum Gasteiger partial charge on any atom is -0.495 e. The van der Waals surface area contributed by atoms with Crippen LogP contribution < -0.4 is 15.4 Å². The van der Waals surface area contributed by atoms with Crippen LogP contribution in [0.25, 0.3) is 16.9 Å². The van der Waals surface area contributed by atoms with Crippen molar-refractivity contribution in [3.63, 3.8) is 0 Å². The van der Waals surface area contributed by atoms with Gasteiger partial charge < -0.3 is 15.4 Å². The highest BCUT2D eigenvalue weighted by Crippen LogP contribution is 2.29. The van der Waals surface area contributed by atoms with Gasteiger partial charge >= 0.3 is 0 Å². The van der Waals surface area contributed by atoms with Crippen LogP contribution in [0.15, 0.2) is 67.1 Å². The first-order chi connectivity index (χ1) is 14.7. The number of imidazole rings is 1. The van der Waals surface area contributed by atoms with E-state index < -0.39 is 0 Å². The fourth-order valence-electron chi connectivity index (χ4n) is 3.17. The maximum Gasteiger partial charge on any atom is 0.226 e. The van der Waals surface area contributed by atoms with Gasteiger partial charge in [-0.15, -0.1) is 0 Å². The molecule has 0 fully saturated rings. The summed E-state index contributed by atoms with van der Waals surface area (Å²) in [6.45, 7) is 0.361. The van der Waals surface area contributed by atoms with Gasteiger partial charge in [-0.25, -0.2) is 9.37 Å². The molecule has 30 heavy (non-hydrogen) atoms. The van der Waals surface area contributed by atoms with Gasteiger partial charge in [0, 0.05) is 30.9 Å². The van der Waals surface area contributed by atoms with Gasteiger partial charge in [0.1, 0.15) is 23.1 Å². The van der Waals surface area contributed by atoms with E-state index in [-0.39, 0.29) is 18.1 Å². The molecule has 2 aromatic heterocycles. The number of hydrogen-bond acceptors (Lipinski definition) is 5. The van der Waals surface area contributed by atoms with Gasteiger partial charge in [-0.1, -0.05) is 24.3 Å². The van der Waals surface area contributed by atoms with Crippen LogP contribution in [0.1, 0.15) is 6.42 Å². The lowest BCUT2D eigenvalue weighted by atomic mass is 10.1. The van der Waals surface area contributed by atoms with E-state index in [9.17, 15) is 9.18 Å². The third-order valence-corrected chi connectivity index (χ3v) is 4.55. The molecule has 0 unspecified atom stereocenters. The Kier molecular flexibility index (Phi) is 5.56. The van der Waals surface area contributed by atoms with Crippen molar-refractivity contribution in [3.8, 4) is 17.0 Å². The number of benzene rings is 2. The summed E-state index contributed by atoms with van der Waals surface area (Å²) in [6.07, 6.45) is 5.26. The van der Waals surface area contributed by atoms with E-state index in [1.807, 2.05) is 16.5 Å². The average molecular weight is 405 g/mol. The van der Waals surface area contributed by atoms with E-state index in [1.54, 1.807) is 50.0 Å². The van der Waals surface area contributed by atoms with E-state index >= 15 is 0 Å². The van der Waals surface area contributed by atoms with Crippen molar-refractivity contribution in [2.45, 2.75) is 6.42 Å². The van der Waals surface area contributed by atoms with Gasteiger partial charge in [0.15, 0.2) is 5.65 Å². The number of aromatic nitrogens is 3. The summed E-state index contributed by atoms with van der Waals surface area (Å²) in [5.74, 6) is 0.768. The Balaban J connectivity index is 1.51. The van der Waals surface area contributed by atoms with Gasteiger partial charge in [-0.05, 0) is 24.3 Å². The summed E-state index contributed by atoms with van der Waals surface area (Å²) in [5, 5.41) is 6.10. The maximum atomic E-state index is 13.7. The van der Waals surface area contributed by atoms with Crippen molar-refractivity contribution >= 4 is 23.1 Å². The molecule has 2 heterocycles. The van der Waals surface area contributed by atoms with Crippen LogP contribution in [0, 0.1) is 5.82 Å². The Morgan fingerprint density at radius 1 is 1.20 bits per heavy atom. The van der Waals surface area contributed by atoms with E-state index in [4.69, 9.17) is 4.74 Å². The van der Waals surface area contributed by atoms with Crippen molar-refractivity contribution in [1.82, 2.24) is 14.4 Å². The normalized spacial score (nSPS) is 10.7. The predicted molar refractivity (Wildman–Crippen MR) is 113 cm³/mol. The molecule has 4 aromatic rings. The van der Waals surface area contributed by atoms with Crippen molar-refractivity contribution in [1.29, 1.82) is 0 Å². The molecule has 2 aromatic carbocycles. The number of nitrogens with zero attached hydrogens (tertiary/aromatic N) is 3. The molecular formula is C22H20FN5O2. The summed E-state index contributed by atoms with van der Waals surface area (Å²) >= 11 is 0. The third-order valence-electron chi connectivity index (χ3n) is 4.55. The van der Waals surface area contributed by atoms with E-state index in [1.165, 1.54) is 12.1 Å². The Bertz CT molecular complexity index is 1190. The van der Waals surface area contributed by atoms with Gasteiger partial charge in [-0.3, -0.25) is 14.2 Å². The first-order valence-electron chi connectivity index (χ1n) is 9.40. The molecule has 0 bridgehead atoms. The number of carbonyl (C=O) groups is 1. The van der Waals surface area contributed by atoms with Crippen LogP contribution in [-0.4, -0.2) is 33.9 Å². The number of halogens is 1. The predicted octanol–water partition coefficient (Wildman–Crippen LogP) is 3.98. The van der Waals surface area contributed by atoms with Gasteiger partial charge in [0.2, 0.25) is 5.91 Å². The number of para-hydroxylation sites is 2. The highest BCUT2D eigenvalue weighted by molar-refractivity contribution is 5.92. The van der Waals surface area contributed by atoms with Crippen LogP contribution in [0.5, 0.6) is 5.75 Å². The van der Waals surface area contributed by atoms with Crippen LogP contribution in [0.2, 0.25) is 0 Å². The quantitative estimate of drug-likeness (QED) is 0.486. The smallest absolute Gasteiger partial charge is 0.226 e. The van der Waals surface area contributed by atoms with Crippen LogP contribution in [0.3, 0.4) is 0 Å². The molecule has 0 saturated heterocycles. The molecule has 2 N–H and O–H groups in total. The van der Waals surface area contributed by atoms with E-state index in [0.29, 0.717) is 40.7 Å². The molecule has 0 atom stereocenters. The fraction of sp³-hybridized carbons (Fsp3) is 0.136. The Morgan fingerprint density at radius 3 is 2.90 bits per heavy atom. The number of amides is 1. The van der Waals surface area contributed by atoms with E-state index in [0.717, 1.165) is 0 Å². The monoisotopic (exact) mass is 405 g/mol. The Labute approximate surface area is 172 Å². The fourth-order valence-corrected chi connectivity index (χ4v) is 3.17. The molecule has 0 aliphatic rings. The van der Waals surface area contributed by atoms with Gasteiger partial charge in [0.05, 0.1) is 19.0 Å². The first kappa shape index (κ1) is 19.4. The van der Waals surface area contributed by atoms with E-state index in [2.05, 4.69) is 20.6 Å². The zero-order chi connectivity index (χ0) is 20.9. The molecule has 152 valence electrons. The SMILES string of the molecule is COc1ccccc1NC(=O)CCNc1c(-c2cccc(F)c2)nc2cnccn12. The van der Waals surface area contributed by atoms with Crippen molar-refractivity contribution in [3.05, 3.63) is 72.9 Å². The maximum absolute atomic E-state index is 13.7. The lowest BCUT2D eigenvalue weighted by Gasteiger charge is -2.11. The topological polar surface area (TPSA) is 80.5 Å². The van der Waals surface area contributed by atoms with Gasteiger partial charge in [0.25, 0.3) is 0 Å². The molecule has 4 rings (SSSR count). The molecule has 0 saturated carbocycles. The second-order valence-corrected chi connectivity index (χ2v) is 6.55. The number of anilines is 2. The summed E-state index contributed by atoms with van der Waals surface area (Å²) in [4.78, 5) is 21.0. The molecule has 1 amide bonds. The lowest BCUT2D eigenvalue weighted by molar-refractivity contribution is -0.116. The summed E-state index contributed by atoms with van der Waals surface area (Å²) in [7, 11) is 1.56. The number of methoxy groups -OCH3 is 1. The molecule has 0 aliphatic heterocycles. The Hall–Kier alpha value is -3.94. The second kappa shape index (κ2) is 8.60. The standard InChI is InChI=1S/C22H20FN5O2/c1-30-18-8-3-2-7-17(18)26-20(29)9-10-25-22-21(15-5-4-6-16(23)13-15)27-19-14-24-11-12-28(19)22/h2-8,11-14,25H,9-10H2,1H3,(H,26,29). The summed E-state index contributed by atoms with van der Waals surface area (Å²) in [6, 6.07) is 13.5. The third kappa shape index (κ3) is 4.07. The van der Waals surface area contributed by atoms with Gasteiger partial charge in [-0.2, -0.15) is 0 Å². The zero-order valence-electron chi connectivity index (χ0n) is 16.3. The number of carbonyl (C=O) groups excluding carboxylic acids is 1. The number of fused-ring (bicyclic) bond motifs is 1. The number of hydrogen-bond donors (Lipinski definition) is 2. The van der Waals surface area contributed by atoms with Crippen molar-refractivity contribution in [2.24, 2.45) is 0 Å². The second-order valence-electron chi connectivity index (χ2n) is 6.55. The van der Waals surface area contributed by atoms with Crippen molar-refractivity contribution < 1.29 is 13.9 Å². The van der Waals surface area contributed by atoms with Crippen molar-refractivity contribution in [2.75, 3.05) is 24.3 Å². The molecule has 0 radical (unpaired) electrons. The largest absolute Gasteiger partial charge is 0.495 e. The minimum absolute atomic E-state index is 0.158. The van der Waals surface area contributed by atoms with Crippen LogP contribution in [0.4, 0.5) is 15.9 Å². The molecule has 0 spiro atoms. The molecule has 0 aliphatic carbocycles. The van der Waals surface area contributed by atoms with Crippen LogP contribution >= 0.6 is 0 Å².